The SMILES string of the molecule is CNC(=O)[C@@H](NC(=O)COc1ccc(C(C)=NNC(=O)CCn2c(O)cc(SCC(NC(=O)[C@@H](CC(=O)O)NC(=O)[C@@H](CCCNC(=N)N)NC(=O)[C@H](CC(=O)O)NC(=O)CC[C@H](NC(=O)c3ccc(NCc4cnc5nc(N)[nH]c(=O)c5n4)cc3)C(=O)O)C(=O)O)c2O)cc1)C(C)C. The number of carboxylic acid groups (broad SMARTS) is 4. The fourth-order valence-electron chi connectivity index (χ4n) is 8.91. The van der Waals surface area contributed by atoms with E-state index >= 15 is 0 Å². The minimum atomic E-state index is -2.08. The number of guanidine groups is 1. The highest BCUT2D eigenvalue weighted by atomic mass is 32.2. The predicted molar refractivity (Wildman–Crippen MR) is 350 cm³/mol. The third-order valence-electron chi connectivity index (χ3n) is 14.1. The van der Waals surface area contributed by atoms with Gasteiger partial charge in [0.05, 0.1) is 41.9 Å². The van der Waals surface area contributed by atoms with Crippen molar-refractivity contribution < 1.29 is 92.9 Å². The third kappa shape index (κ3) is 24.9. The standard InChI is InChI=1S/C59H75N19O20S/c1-27(2)46(53(91)63-4)73-42(81)25-98-33-13-9-29(10-14-33)28(3)76-77-41(80)17-19-78-43(82)22-39(55(78)93)99-26-38(57(96)97)72-52(90)37(21-45(85)86)71-50(88)34(6-5-18-64-58(60)61)69-51(89)36(20-44(83)84)68-40(79)16-15-35(56(94)95)70-49(87)30-7-11-31(12-8-30)65-23-32-24-66-48-47(67-32)54(92)75-59(62)74-48/h7-14,22,24,27,34-38,46,65,82,93H,5-6,15-21,23,25-26H2,1-4H3,(H,63,91)(H,68,79)(H,69,89)(H,70,87)(H,71,88)(H,72,90)(H,73,81)(H,77,80)(H,83,84)(H,85,86)(H,94,95)(H,96,97)(H4,60,61,64)(H3,62,66,74,75,92)/t34-,35+,36+,37-,38?,46+/m1/s1. The summed E-state index contributed by atoms with van der Waals surface area (Å²) < 4.78 is 6.44. The van der Waals surface area contributed by atoms with Crippen LogP contribution in [0.3, 0.4) is 0 Å². The molecule has 8 amide bonds. The highest BCUT2D eigenvalue weighted by Gasteiger charge is 2.34. The summed E-state index contributed by atoms with van der Waals surface area (Å²) in [7, 11) is 1.46. The van der Waals surface area contributed by atoms with Crippen LogP contribution in [-0.2, 0) is 65.8 Å². The summed E-state index contributed by atoms with van der Waals surface area (Å²) in [6.07, 6.45) is -3.10. The second-order valence-corrected chi connectivity index (χ2v) is 23.1. The number of amides is 8. The average Bonchev–Trinajstić information content (AvgIpc) is 1.27. The Bertz CT molecular complexity index is 3900. The van der Waals surface area contributed by atoms with Crippen LogP contribution in [0.1, 0.15) is 87.3 Å². The van der Waals surface area contributed by atoms with Gasteiger partial charge in [-0.05, 0) is 86.2 Å². The van der Waals surface area contributed by atoms with Gasteiger partial charge in [0.1, 0.15) is 42.0 Å². The molecule has 40 heteroatoms. The zero-order valence-electron chi connectivity index (χ0n) is 53.5. The van der Waals surface area contributed by atoms with E-state index in [2.05, 4.69) is 78.3 Å². The Hall–Kier alpha value is -12.1. The molecule has 0 spiro atoms. The number of ether oxygens (including phenoxy) is 1. The topological polar surface area (TPSA) is 620 Å². The molecule has 3 aromatic heterocycles. The molecule has 2 aromatic carbocycles. The molecule has 0 aliphatic rings. The van der Waals surface area contributed by atoms with E-state index in [0.29, 0.717) is 40.2 Å². The van der Waals surface area contributed by atoms with Gasteiger partial charge in [-0.25, -0.2) is 25.0 Å². The number of aromatic amines is 1. The zero-order chi connectivity index (χ0) is 73.2. The number of nitrogen functional groups attached to an aromatic ring is 1. The van der Waals surface area contributed by atoms with Crippen molar-refractivity contribution in [1.29, 1.82) is 5.41 Å². The highest BCUT2D eigenvalue weighted by Crippen LogP contribution is 2.36. The number of aromatic nitrogens is 5. The first-order valence-electron chi connectivity index (χ1n) is 30.0. The predicted octanol–water partition coefficient (Wildman–Crippen LogP) is -2.69. The van der Waals surface area contributed by atoms with Gasteiger partial charge in [0.25, 0.3) is 17.4 Å². The van der Waals surface area contributed by atoms with Crippen molar-refractivity contribution in [2.24, 2.45) is 16.8 Å². The van der Waals surface area contributed by atoms with Gasteiger partial charge in [-0.3, -0.25) is 67.7 Å². The monoisotopic (exact) mass is 1400 g/mol. The molecule has 3 heterocycles. The number of aliphatic carboxylic acids is 4. The molecule has 5 rings (SSSR count). The number of hydrogen-bond donors (Lipinski definition) is 20. The smallest absolute Gasteiger partial charge is 0.327 e. The summed E-state index contributed by atoms with van der Waals surface area (Å²) in [5.41, 5.74) is 14.4. The molecule has 0 aliphatic heterocycles. The Morgan fingerprint density at radius 1 is 0.727 bits per heavy atom. The van der Waals surface area contributed by atoms with Gasteiger partial charge in [0.2, 0.25) is 47.3 Å². The number of anilines is 2. The maximum Gasteiger partial charge on any atom is 0.327 e. The number of nitrogens with two attached hydrogens (primary N) is 2. The Balaban J connectivity index is 1.15. The van der Waals surface area contributed by atoms with Crippen molar-refractivity contribution in [2.45, 2.75) is 120 Å². The zero-order valence-corrected chi connectivity index (χ0v) is 54.3. The van der Waals surface area contributed by atoms with Crippen LogP contribution in [0.15, 0.2) is 75.6 Å². The molecule has 532 valence electrons. The lowest BCUT2D eigenvalue weighted by molar-refractivity contribution is -0.143. The second-order valence-electron chi connectivity index (χ2n) is 22.0. The van der Waals surface area contributed by atoms with Crippen molar-refractivity contribution in [3.63, 3.8) is 0 Å². The Kier molecular flexibility index (Phi) is 29.2. The molecule has 39 nitrogen and oxygen atoms in total. The first-order valence-corrected chi connectivity index (χ1v) is 31.0. The number of H-pyrrole nitrogens is 1. The van der Waals surface area contributed by atoms with E-state index in [0.717, 1.165) is 10.6 Å². The number of carbonyl (C=O) groups is 12. The normalized spacial score (nSPS) is 13.0. The largest absolute Gasteiger partial charge is 0.494 e. The van der Waals surface area contributed by atoms with Crippen LogP contribution < -0.4 is 75.0 Å². The summed E-state index contributed by atoms with van der Waals surface area (Å²) in [5.74, 6) is -16.4. The van der Waals surface area contributed by atoms with Crippen LogP contribution in [0.25, 0.3) is 11.2 Å². The lowest BCUT2D eigenvalue weighted by Gasteiger charge is -2.25. The van der Waals surface area contributed by atoms with Crippen molar-refractivity contribution in [3.8, 4) is 17.5 Å². The molecule has 6 atom stereocenters. The van der Waals surface area contributed by atoms with Gasteiger partial charge >= 0.3 is 23.9 Å². The molecule has 0 fully saturated rings. The van der Waals surface area contributed by atoms with E-state index in [4.69, 9.17) is 21.6 Å². The number of carboxylic acids is 4. The third-order valence-corrected chi connectivity index (χ3v) is 15.2. The van der Waals surface area contributed by atoms with E-state index in [1.807, 2.05) is 0 Å². The van der Waals surface area contributed by atoms with Gasteiger partial charge in [-0.2, -0.15) is 10.1 Å². The summed E-state index contributed by atoms with van der Waals surface area (Å²) in [6, 6.07) is 2.84. The fraction of sp³-hybridized carbons (Fsp3) is 0.390. The van der Waals surface area contributed by atoms with Crippen molar-refractivity contribution in [3.05, 3.63) is 88.0 Å². The van der Waals surface area contributed by atoms with E-state index in [-0.39, 0.29) is 78.5 Å². The number of carbonyl (C=O) groups excluding carboxylic acids is 8. The van der Waals surface area contributed by atoms with E-state index in [9.17, 15) is 93.0 Å². The molecule has 0 saturated carbocycles. The number of fused-ring (bicyclic) bond motifs is 1. The highest BCUT2D eigenvalue weighted by molar-refractivity contribution is 7.99. The molecular formula is C59H75N19O20S. The lowest BCUT2D eigenvalue weighted by atomic mass is 10.0. The number of rotatable bonds is 39. The van der Waals surface area contributed by atoms with Crippen molar-refractivity contribution in [1.82, 2.24) is 72.5 Å². The van der Waals surface area contributed by atoms with E-state index < -0.39 is 163 Å². The number of likely N-dealkylation sites (N-methyl/N-ethyl adjacent to an activating group) is 1. The summed E-state index contributed by atoms with van der Waals surface area (Å²) >= 11 is 0.599. The van der Waals surface area contributed by atoms with Gasteiger partial charge in [-0.15, -0.1) is 11.8 Å². The number of benzene rings is 2. The van der Waals surface area contributed by atoms with Crippen molar-refractivity contribution in [2.75, 3.05) is 37.0 Å². The summed E-state index contributed by atoms with van der Waals surface area (Å²) in [6.45, 7) is 4.41. The van der Waals surface area contributed by atoms with E-state index in [1.54, 1.807) is 45.0 Å². The van der Waals surface area contributed by atoms with Crippen LogP contribution >= 0.6 is 11.8 Å². The maximum absolute atomic E-state index is 13.9. The minimum absolute atomic E-state index is 0.00909. The maximum atomic E-state index is 13.9. The number of hydrogen-bond acceptors (Lipinski definition) is 24. The average molecular weight is 1400 g/mol. The van der Waals surface area contributed by atoms with Crippen LogP contribution in [-0.4, -0.2) is 200 Å². The number of aromatic hydroxyl groups is 2. The molecule has 99 heavy (non-hydrogen) atoms. The number of thioether (sulfide) groups is 1. The number of hydrazone groups is 1. The molecule has 0 bridgehead atoms. The lowest BCUT2D eigenvalue weighted by Crippen LogP contribution is -2.58. The second kappa shape index (κ2) is 37.2. The molecule has 0 aliphatic carbocycles. The molecule has 1 unspecified atom stereocenters. The van der Waals surface area contributed by atoms with Crippen LogP contribution in [0.2, 0.25) is 0 Å². The van der Waals surface area contributed by atoms with Crippen LogP contribution in [0.5, 0.6) is 17.5 Å². The Morgan fingerprint density at radius 3 is 1.94 bits per heavy atom. The van der Waals surface area contributed by atoms with Crippen LogP contribution in [0, 0.1) is 11.3 Å². The van der Waals surface area contributed by atoms with Gasteiger partial charge < -0.3 is 94.7 Å². The van der Waals surface area contributed by atoms with Crippen molar-refractivity contribution >= 4 is 117 Å². The minimum Gasteiger partial charge on any atom is -0.494 e. The number of nitrogens with zero attached hydrogens (tertiary/aromatic N) is 5. The summed E-state index contributed by atoms with van der Waals surface area (Å²) in [5, 5.41) is 94.2. The van der Waals surface area contributed by atoms with E-state index in [1.165, 1.54) is 37.5 Å². The van der Waals surface area contributed by atoms with Gasteiger partial charge in [0, 0.05) is 56.0 Å². The summed E-state index contributed by atoms with van der Waals surface area (Å²) in [4.78, 5) is 181. The Labute approximate surface area is 565 Å². The number of nitrogens with one attached hydrogen (secondary N) is 12. The Morgan fingerprint density at radius 2 is 1.33 bits per heavy atom. The molecule has 0 saturated heterocycles. The molecule has 0 radical (unpaired) electrons. The molecular weight excluding hydrogens is 1330 g/mol. The fourth-order valence-corrected chi connectivity index (χ4v) is 9.91. The molecule has 5 aromatic rings. The molecule has 22 N–H and O–H groups in total. The first-order chi connectivity index (χ1) is 46.8. The first kappa shape index (κ1) is 77.6. The quantitative estimate of drug-likeness (QED) is 0.00626. The van der Waals surface area contributed by atoms with Crippen LogP contribution in [0.4, 0.5) is 11.6 Å². The van der Waals surface area contributed by atoms with Gasteiger partial charge in [0.15, 0.2) is 29.6 Å². The van der Waals surface area contributed by atoms with Gasteiger partial charge in [-0.1, -0.05) is 13.8 Å².